The number of rotatable bonds is 5. The molecule has 0 fully saturated rings. The van der Waals surface area contributed by atoms with E-state index in [4.69, 9.17) is 4.74 Å². The summed E-state index contributed by atoms with van der Waals surface area (Å²) < 4.78 is 5.60. The zero-order chi connectivity index (χ0) is 17.1. The highest BCUT2D eigenvalue weighted by atomic mass is 35.5. The molecule has 0 radical (unpaired) electrons. The second-order valence-corrected chi connectivity index (χ2v) is 5.69. The Morgan fingerprint density at radius 3 is 2.68 bits per heavy atom. The maximum Gasteiger partial charge on any atom is 0.159 e. The molecule has 0 aliphatic carbocycles. The van der Waals surface area contributed by atoms with Gasteiger partial charge in [-0.05, 0) is 57.2 Å². The fourth-order valence-corrected chi connectivity index (χ4v) is 2.67. The molecule has 4 nitrogen and oxygen atoms in total. The Morgan fingerprint density at radius 2 is 1.96 bits per heavy atom. The predicted molar refractivity (Wildman–Crippen MR) is 105 cm³/mol. The molecule has 0 aliphatic rings. The van der Waals surface area contributed by atoms with Gasteiger partial charge < -0.3 is 10.1 Å². The number of anilines is 2. The van der Waals surface area contributed by atoms with Crippen LogP contribution in [0.25, 0.3) is 10.9 Å². The number of benzene rings is 2. The second-order valence-electron chi connectivity index (χ2n) is 5.69. The van der Waals surface area contributed by atoms with Crippen LogP contribution in [0.2, 0.25) is 0 Å². The second kappa shape index (κ2) is 7.99. The van der Waals surface area contributed by atoms with Crippen LogP contribution in [0.15, 0.2) is 48.5 Å². The molecular weight excluding hydrogens is 336 g/mol. The Labute approximate surface area is 153 Å². The molecular formula is C20H21ClN2O2. The molecule has 25 heavy (non-hydrogen) atoms. The largest absolute Gasteiger partial charge is 0.494 e. The number of fused-ring (bicyclic) bond motifs is 1. The number of carbonyl (C=O) groups is 1. The number of ketones is 1. The zero-order valence-electron chi connectivity index (χ0n) is 14.5. The van der Waals surface area contributed by atoms with Crippen molar-refractivity contribution in [3.63, 3.8) is 0 Å². The lowest BCUT2D eigenvalue weighted by atomic mass is 10.1. The Bertz CT molecular complexity index is 909. The molecule has 1 aromatic heterocycles. The van der Waals surface area contributed by atoms with Gasteiger partial charge in [-0.15, -0.1) is 12.4 Å². The van der Waals surface area contributed by atoms with Crippen LogP contribution in [0.5, 0.6) is 5.75 Å². The number of aryl methyl sites for hydroxylation is 1. The van der Waals surface area contributed by atoms with E-state index in [1.54, 1.807) is 6.92 Å². The van der Waals surface area contributed by atoms with E-state index in [9.17, 15) is 4.79 Å². The molecule has 1 N–H and O–H groups in total. The number of halogens is 1. The van der Waals surface area contributed by atoms with Gasteiger partial charge in [0.05, 0.1) is 12.1 Å². The molecule has 0 saturated carbocycles. The SMILES string of the molecule is CCOc1ccc2nc(C)cc(Nc3cccc(C(C)=O)c3)c2c1.Cl. The molecule has 0 amide bonds. The number of hydrogen-bond acceptors (Lipinski definition) is 4. The topological polar surface area (TPSA) is 51.2 Å². The molecule has 0 bridgehead atoms. The van der Waals surface area contributed by atoms with Crippen molar-refractivity contribution in [2.45, 2.75) is 20.8 Å². The number of Topliss-reactive ketones (excluding diaryl/α,β-unsaturated/α-hetero) is 1. The van der Waals surface area contributed by atoms with Gasteiger partial charge in [0.1, 0.15) is 5.75 Å². The van der Waals surface area contributed by atoms with Gasteiger partial charge in [-0.25, -0.2) is 0 Å². The highest BCUT2D eigenvalue weighted by Gasteiger charge is 2.08. The van der Waals surface area contributed by atoms with Gasteiger partial charge in [-0.1, -0.05) is 12.1 Å². The minimum absolute atomic E-state index is 0. The van der Waals surface area contributed by atoms with Crippen LogP contribution in [0, 0.1) is 6.92 Å². The smallest absolute Gasteiger partial charge is 0.159 e. The van der Waals surface area contributed by atoms with E-state index in [-0.39, 0.29) is 18.2 Å². The van der Waals surface area contributed by atoms with Crippen LogP contribution < -0.4 is 10.1 Å². The summed E-state index contributed by atoms with van der Waals surface area (Å²) in [6.45, 7) is 6.12. The first-order valence-electron chi connectivity index (χ1n) is 7.99. The van der Waals surface area contributed by atoms with E-state index in [0.29, 0.717) is 12.2 Å². The lowest BCUT2D eigenvalue weighted by molar-refractivity contribution is 0.101. The summed E-state index contributed by atoms with van der Waals surface area (Å²) in [5.41, 5.74) is 4.34. The first kappa shape index (κ1) is 18.7. The third kappa shape index (κ3) is 4.28. The third-order valence-corrected chi connectivity index (χ3v) is 3.77. The summed E-state index contributed by atoms with van der Waals surface area (Å²) in [7, 11) is 0. The van der Waals surface area contributed by atoms with Crippen molar-refractivity contribution in [3.05, 3.63) is 59.8 Å². The van der Waals surface area contributed by atoms with Crippen LogP contribution in [0.1, 0.15) is 29.9 Å². The van der Waals surface area contributed by atoms with Crippen LogP contribution in [-0.4, -0.2) is 17.4 Å². The van der Waals surface area contributed by atoms with E-state index in [1.807, 2.05) is 62.4 Å². The van der Waals surface area contributed by atoms with Crippen LogP contribution in [0.3, 0.4) is 0 Å². The molecule has 0 atom stereocenters. The van der Waals surface area contributed by atoms with Crippen molar-refractivity contribution in [2.75, 3.05) is 11.9 Å². The van der Waals surface area contributed by atoms with Gasteiger partial charge in [0.25, 0.3) is 0 Å². The van der Waals surface area contributed by atoms with Crippen molar-refractivity contribution in [1.29, 1.82) is 0 Å². The molecule has 130 valence electrons. The minimum Gasteiger partial charge on any atom is -0.494 e. The maximum atomic E-state index is 11.6. The van der Waals surface area contributed by atoms with Crippen molar-refractivity contribution in [3.8, 4) is 5.75 Å². The maximum absolute atomic E-state index is 11.6. The lowest BCUT2D eigenvalue weighted by Gasteiger charge is -2.13. The summed E-state index contributed by atoms with van der Waals surface area (Å²) in [5, 5.41) is 4.39. The van der Waals surface area contributed by atoms with Gasteiger partial charge in [0, 0.05) is 28.0 Å². The lowest BCUT2D eigenvalue weighted by Crippen LogP contribution is -1.98. The highest BCUT2D eigenvalue weighted by molar-refractivity contribution is 5.97. The average Bonchev–Trinajstić information content (AvgIpc) is 2.56. The molecule has 3 aromatic rings. The fraction of sp³-hybridized carbons (Fsp3) is 0.200. The summed E-state index contributed by atoms with van der Waals surface area (Å²) >= 11 is 0. The van der Waals surface area contributed by atoms with Crippen LogP contribution >= 0.6 is 12.4 Å². The highest BCUT2D eigenvalue weighted by Crippen LogP contribution is 2.30. The van der Waals surface area contributed by atoms with E-state index in [1.165, 1.54) is 0 Å². The predicted octanol–water partition coefficient (Wildman–Crippen LogP) is 5.31. The molecule has 5 heteroatoms. The van der Waals surface area contributed by atoms with Crippen molar-refractivity contribution in [1.82, 2.24) is 4.98 Å². The monoisotopic (exact) mass is 356 g/mol. The molecule has 0 unspecified atom stereocenters. The standard InChI is InChI=1S/C20H20N2O2.ClH/c1-4-24-17-8-9-19-18(12-17)20(10-13(2)21-19)22-16-7-5-6-15(11-16)14(3)23;/h5-12H,4H2,1-3H3,(H,21,22);1H. The van der Waals surface area contributed by atoms with E-state index >= 15 is 0 Å². The zero-order valence-corrected chi connectivity index (χ0v) is 15.3. The first-order valence-corrected chi connectivity index (χ1v) is 7.99. The quantitative estimate of drug-likeness (QED) is 0.629. The number of nitrogens with zero attached hydrogens (tertiary/aromatic N) is 1. The minimum atomic E-state index is 0. The molecule has 0 aliphatic heterocycles. The summed E-state index contributed by atoms with van der Waals surface area (Å²) in [6, 6.07) is 15.4. The number of carbonyl (C=O) groups excluding carboxylic acids is 1. The fourth-order valence-electron chi connectivity index (χ4n) is 2.67. The van der Waals surface area contributed by atoms with Gasteiger partial charge in [0.15, 0.2) is 5.78 Å². The van der Waals surface area contributed by atoms with Crippen molar-refractivity contribution in [2.24, 2.45) is 0 Å². The summed E-state index contributed by atoms with van der Waals surface area (Å²) in [6.07, 6.45) is 0. The molecule has 1 heterocycles. The number of pyridine rings is 1. The summed E-state index contributed by atoms with van der Waals surface area (Å²) in [4.78, 5) is 16.2. The number of aromatic nitrogens is 1. The Balaban J connectivity index is 0.00000225. The van der Waals surface area contributed by atoms with Crippen molar-refractivity contribution >= 4 is 40.5 Å². The number of ether oxygens (including phenoxy) is 1. The molecule has 3 rings (SSSR count). The van der Waals surface area contributed by atoms with Crippen LogP contribution in [-0.2, 0) is 0 Å². The number of nitrogens with one attached hydrogen (secondary N) is 1. The van der Waals surface area contributed by atoms with Gasteiger partial charge in [-0.2, -0.15) is 0 Å². The third-order valence-electron chi connectivity index (χ3n) is 3.77. The average molecular weight is 357 g/mol. The van der Waals surface area contributed by atoms with Crippen molar-refractivity contribution < 1.29 is 9.53 Å². The normalized spacial score (nSPS) is 10.2. The van der Waals surface area contributed by atoms with E-state index in [2.05, 4.69) is 10.3 Å². The summed E-state index contributed by atoms with van der Waals surface area (Å²) in [5.74, 6) is 0.865. The Hall–Kier alpha value is -2.59. The molecule has 2 aromatic carbocycles. The van der Waals surface area contributed by atoms with E-state index < -0.39 is 0 Å². The Morgan fingerprint density at radius 1 is 1.16 bits per heavy atom. The Kier molecular flexibility index (Phi) is 5.99. The first-order chi connectivity index (χ1) is 11.6. The number of hydrogen-bond donors (Lipinski definition) is 1. The van der Waals surface area contributed by atoms with Gasteiger partial charge in [-0.3, -0.25) is 9.78 Å². The van der Waals surface area contributed by atoms with Gasteiger partial charge >= 0.3 is 0 Å². The van der Waals surface area contributed by atoms with Crippen LogP contribution in [0.4, 0.5) is 11.4 Å². The molecule has 0 saturated heterocycles. The molecule has 0 spiro atoms. The van der Waals surface area contributed by atoms with Gasteiger partial charge in [0.2, 0.25) is 0 Å². The van der Waals surface area contributed by atoms with E-state index in [0.717, 1.165) is 33.7 Å².